The van der Waals surface area contributed by atoms with E-state index >= 15 is 0 Å². The summed E-state index contributed by atoms with van der Waals surface area (Å²) in [5, 5.41) is 0. The van der Waals surface area contributed by atoms with E-state index in [1.807, 2.05) is 60.7 Å². The molecule has 0 saturated carbocycles. The maximum absolute atomic E-state index is 14.4. The van der Waals surface area contributed by atoms with Gasteiger partial charge in [0.1, 0.15) is 12.9 Å². The highest BCUT2D eigenvalue weighted by Gasteiger charge is 2.56. The quantitative estimate of drug-likeness (QED) is 0.119. The Bertz CT molecular complexity index is 1000. The van der Waals surface area contributed by atoms with Gasteiger partial charge in [-0.25, -0.2) is 4.79 Å². The van der Waals surface area contributed by atoms with E-state index in [1.165, 1.54) is 88.2 Å². The van der Waals surface area contributed by atoms with Gasteiger partial charge >= 0.3 is 5.97 Å². The van der Waals surface area contributed by atoms with Crippen molar-refractivity contribution < 1.29 is 35.9 Å². The van der Waals surface area contributed by atoms with Crippen LogP contribution in [0.15, 0.2) is 60.7 Å². The summed E-state index contributed by atoms with van der Waals surface area (Å²) in [6.07, 6.45) is 17.1. The first-order chi connectivity index (χ1) is 20.2. The van der Waals surface area contributed by atoms with Crippen molar-refractivity contribution in [2.24, 2.45) is 0 Å². The van der Waals surface area contributed by atoms with Crippen molar-refractivity contribution in [3.8, 4) is 0 Å². The lowest BCUT2D eigenvalue weighted by molar-refractivity contribution is -0.956. The number of halogens is 1. The van der Waals surface area contributed by atoms with Gasteiger partial charge in [-0.15, -0.1) is 0 Å². The highest BCUT2D eigenvalue weighted by molar-refractivity contribution is 5.86. The molecule has 2 unspecified atom stereocenters. The maximum Gasteiger partial charge on any atom is 0.348 e. The van der Waals surface area contributed by atoms with Crippen molar-refractivity contribution in [1.29, 1.82) is 0 Å². The van der Waals surface area contributed by atoms with Gasteiger partial charge in [-0.2, -0.15) is 0 Å². The highest BCUT2D eigenvalue weighted by atomic mass is 35.5. The molecule has 0 aromatic heterocycles. The minimum absolute atomic E-state index is 0. The van der Waals surface area contributed by atoms with Gasteiger partial charge in [-0.1, -0.05) is 113 Å². The second-order valence-corrected chi connectivity index (χ2v) is 12.7. The molecule has 2 atom stereocenters. The Balaban J connectivity index is 0.00000405. The summed E-state index contributed by atoms with van der Waals surface area (Å²) in [5.74, 6) is -0.315. The Morgan fingerprint density at radius 1 is 0.786 bits per heavy atom. The van der Waals surface area contributed by atoms with E-state index in [2.05, 4.69) is 6.92 Å². The molecule has 3 aliphatic heterocycles. The predicted octanol–water partition coefficient (Wildman–Crippen LogP) is 4.91. The second-order valence-electron chi connectivity index (χ2n) is 12.7. The summed E-state index contributed by atoms with van der Waals surface area (Å²) in [6, 6.07) is 21.0. The van der Waals surface area contributed by atoms with Gasteiger partial charge in [0, 0.05) is 45.1 Å². The van der Waals surface area contributed by atoms with Crippen LogP contribution in [0.4, 0.5) is 0 Å². The van der Waals surface area contributed by atoms with Gasteiger partial charge in [0.05, 0.1) is 25.2 Å². The molecule has 2 aromatic rings. The molecular formula is C36H52ClNO4. The molecule has 6 heteroatoms. The molecule has 2 aromatic carbocycles. The molecule has 5 nitrogen and oxygen atoms in total. The van der Waals surface area contributed by atoms with Gasteiger partial charge in [0.2, 0.25) is 5.60 Å². The Morgan fingerprint density at radius 3 is 1.86 bits per heavy atom. The van der Waals surface area contributed by atoms with Gasteiger partial charge in [-0.05, 0) is 17.5 Å². The van der Waals surface area contributed by atoms with Crippen LogP contribution in [0.5, 0.6) is 0 Å². The third-order valence-electron chi connectivity index (χ3n) is 10.2. The number of unbranched alkanes of at least 4 members (excludes halogenated alkanes) is 7. The van der Waals surface area contributed by atoms with Crippen LogP contribution in [0.1, 0.15) is 108 Å². The van der Waals surface area contributed by atoms with Crippen LogP contribution in [0.2, 0.25) is 0 Å². The number of quaternary nitrogens is 1. The zero-order valence-corrected chi connectivity index (χ0v) is 26.4. The van der Waals surface area contributed by atoms with Gasteiger partial charge in [0.25, 0.3) is 0 Å². The Kier molecular flexibility index (Phi) is 12.7. The maximum atomic E-state index is 14.4. The van der Waals surface area contributed by atoms with Crippen LogP contribution in [-0.2, 0) is 24.6 Å². The van der Waals surface area contributed by atoms with Gasteiger partial charge in [0.15, 0.2) is 0 Å². The molecule has 1 spiro atoms. The highest BCUT2D eigenvalue weighted by Crippen LogP contribution is 2.47. The van der Waals surface area contributed by atoms with Crippen LogP contribution < -0.4 is 12.4 Å². The Hall–Kier alpha value is -1.92. The second kappa shape index (κ2) is 16.2. The normalized spacial score (nSPS) is 22.6. The van der Waals surface area contributed by atoms with Crippen molar-refractivity contribution in [2.75, 3.05) is 26.5 Å². The number of esters is 1. The standard InChI is InChI=1S/C36H52NO4.ClH/c1-2-3-4-5-6-7-8-17-26-39-29-40-36(30-18-11-9-12-19-30,31-20-13-10-14-21-31)35(38)41-34-27-32-22-23-33(28-34)37(32)24-15-16-25-37;/h9-14,18-21,32-34H,2-8,15-17,22-29H2,1H3;1H/q+1;/p-1. The van der Waals surface area contributed by atoms with Crippen molar-refractivity contribution in [3.63, 3.8) is 0 Å². The van der Waals surface area contributed by atoms with E-state index in [4.69, 9.17) is 14.2 Å². The molecule has 232 valence electrons. The molecule has 0 N–H and O–H groups in total. The monoisotopic (exact) mass is 597 g/mol. The van der Waals surface area contributed by atoms with Crippen LogP contribution in [0.25, 0.3) is 0 Å². The lowest BCUT2D eigenvalue weighted by Crippen LogP contribution is -3.00. The molecule has 3 fully saturated rings. The van der Waals surface area contributed by atoms with Crippen molar-refractivity contribution in [1.82, 2.24) is 0 Å². The third kappa shape index (κ3) is 7.41. The zero-order chi connectivity index (χ0) is 28.4. The number of hydrogen-bond donors (Lipinski definition) is 0. The molecule has 2 bridgehead atoms. The fourth-order valence-corrected chi connectivity index (χ4v) is 8.04. The first-order valence-electron chi connectivity index (χ1n) is 16.6. The fourth-order valence-electron chi connectivity index (χ4n) is 8.04. The smallest absolute Gasteiger partial charge is 0.348 e. The fraction of sp³-hybridized carbons (Fsp3) is 0.639. The summed E-state index contributed by atoms with van der Waals surface area (Å²) in [7, 11) is 0. The molecule has 0 aliphatic carbocycles. The predicted molar refractivity (Wildman–Crippen MR) is 163 cm³/mol. The average Bonchev–Trinajstić information content (AvgIpc) is 3.55. The van der Waals surface area contributed by atoms with Gasteiger partial charge < -0.3 is 31.1 Å². The number of benzene rings is 2. The van der Waals surface area contributed by atoms with Crippen molar-refractivity contribution in [3.05, 3.63) is 71.8 Å². The van der Waals surface area contributed by atoms with Crippen LogP contribution in [0, 0.1) is 0 Å². The molecule has 0 amide bonds. The number of hydrogen-bond acceptors (Lipinski definition) is 4. The lowest BCUT2D eigenvalue weighted by Gasteiger charge is -2.47. The molecular weight excluding hydrogens is 546 g/mol. The molecule has 0 radical (unpaired) electrons. The molecule has 3 aliphatic rings. The average molecular weight is 598 g/mol. The van der Waals surface area contributed by atoms with E-state index in [0.717, 1.165) is 30.4 Å². The van der Waals surface area contributed by atoms with Gasteiger partial charge in [-0.3, -0.25) is 0 Å². The van der Waals surface area contributed by atoms with Crippen LogP contribution in [-0.4, -0.2) is 55.1 Å². The number of carbonyl (C=O) groups is 1. The zero-order valence-electron chi connectivity index (χ0n) is 25.7. The largest absolute Gasteiger partial charge is 1.00 e. The molecule has 3 heterocycles. The number of ether oxygens (including phenoxy) is 3. The molecule has 5 rings (SSSR count). The minimum atomic E-state index is -1.36. The molecule has 42 heavy (non-hydrogen) atoms. The summed E-state index contributed by atoms with van der Waals surface area (Å²) >= 11 is 0. The number of carbonyl (C=O) groups excluding carboxylic acids is 1. The molecule has 3 saturated heterocycles. The minimum Gasteiger partial charge on any atom is -1.00 e. The third-order valence-corrected chi connectivity index (χ3v) is 10.2. The Morgan fingerprint density at radius 2 is 1.31 bits per heavy atom. The van der Waals surface area contributed by atoms with E-state index in [9.17, 15) is 4.79 Å². The van der Waals surface area contributed by atoms with E-state index in [1.54, 1.807) is 0 Å². The lowest BCUT2D eigenvalue weighted by atomic mass is 9.85. The Labute approximate surface area is 260 Å². The topological polar surface area (TPSA) is 44.8 Å². The summed E-state index contributed by atoms with van der Waals surface area (Å²) < 4.78 is 20.3. The summed E-state index contributed by atoms with van der Waals surface area (Å²) in [6.45, 7) is 5.56. The van der Waals surface area contributed by atoms with Crippen molar-refractivity contribution in [2.45, 2.75) is 121 Å². The first-order valence-corrected chi connectivity index (χ1v) is 16.6. The number of piperidine rings is 1. The van der Waals surface area contributed by atoms with Crippen LogP contribution in [0.3, 0.4) is 0 Å². The number of rotatable bonds is 16. The number of nitrogens with zero attached hydrogens (tertiary/aromatic N) is 1. The summed E-state index contributed by atoms with van der Waals surface area (Å²) in [5.41, 5.74) is 0.209. The van der Waals surface area contributed by atoms with Crippen molar-refractivity contribution >= 4 is 5.97 Å². The van der Waals surface area contributed by atoms with Crippen LogP contribution >= 0.6 is 0 Å². The summed E-state index contributed by atoms with van der Waals surface area (Å²) in [4.78, 5) is 14.4. The first kappa shape index (κ1) is 33.0. The van der Waals surface area contributed by atoms with E-state index in [0.29, 0.717) is 18.7 Å². The van der Waals surface area contributed by atoms with E-state index < -0.39 is 5.60 Å². The van der Waals surface area contributed by atoms with E-state index in [-0.39, 0.29) is 31.3 Å². The SMILES string of the molecule is CCCCCCCCCCOCOC(C(=O)OC1CC2CCC(C1)[N+]21CCCC1)(c1ccccc1)c1ccccc1.[Cl-].